The molecule has 1 aromatic heterocycles. The second-order valence-electron chi connectivity index (χ2n) is 4.57. The molecule has 0 saturated carbocycles. The Bertz CT molecular complexity index is 676. The summed E-state index contributed by atoms with van der Waals surface area (Å²) in [6.45, 7) is 4.74. The second kappa shape index (κ2) is 6.62. The summed E-state index contributed by atoms with van der Waals surface area (Å²) < 4.78 is 0.766. The average molecular weight is 351 g/mol. The van der Waals surface area contributed by atoms with Crippen LogP contribution < -0.4 is 5.32 Å². The minimum absolute atomic E-state index is 0.0326. The van der Waals surface area contributed by atoms with E-state index < -0.39 is 4.92 Å². The van der Waals surface area contributed by atoms with Gasteiger partial charge in [-0.1, -0.05) is 13.0 Å². The fraction of sp³-hybridized carbons (Fsp3) is 0.286. The Kier molecular flexibility index (Phi) is 4.85. The Labute approximate surface area is 130 Å². The minimum atomic E-state index is -0.419. The molecule has 0 aliphatic rings. The Balaban J connectivity index is 2.46. The van der Waals surface area contributed by atoms with Crippen LogP contribution in [-0.4, -0.2) is 21.4 Å². The monoisotopic (exact) mass is 350 g/mol. The molecule has 1 N–H and O–H groups in total. The molecule has 0 fully saturated rings. The lowest BCUT2D eigenvalue weighted by Crippen LogP contribution is -2.04. The van der Waals surface area contributed by atoms with Crippen LogP contribution in [0.25, 0.3) is 11.4 Å². The number of rotatable bonds is 5. The van der Waals surface area contributed by atoms with Crippen molar-refractivity contribution in [3.63, 3.8) is 0 Å². The van der Waals surface area contributed by atoms with E-state index in [9.17, 15) is 10.1 Å². The number of nitrogens with one attached hydrogen (secondary N) is 1. The second-order valence-corrected chi connectivity index (χ2v) is 5.43. The fourth-order valence-electron chi connectivity index (χ4n) is 1.83. The van der Waals surface area contributed by atoms with Gasteiger partial charge < -0.3 is 5.32 Å². The van der Waals surface area contributed by atoms with E-state index in [1.165, 1.54) is 12.1 Å². The van der Waals surface area contributed by atoms with Gasteiger partial charge >= 0.3 is 0 Å². The Hall–Kier alpha value is -2.02. The van der Waals surface area contributed by atoms with Crippen LogP contribution in [0.5, 0.6) is 0 Å². The summed E-state index contributed by atoms with van der Waals surface area (Å²) in [5.74, 6) is 1.16. The van der Waals surface area contributed by atoms with Crippen molar-refractivity contribution in [1.82, 2.24) is 9.97 Å². The van der Waals surface area contributed by atoms with Crippen molar-refractivity contribution in [2.45, 2.75) is 20.3 Å². The molecular formula is C14H15BrN4O2. The smallest absolute Gasteiger partial charge is 0.270 e. The first-order valence-corrected chi connectivity index (χ1v) is 7.34. The third-order valence-electron chi connectivity index (χ3n) is 2.96. The van der Waals surface area contributed by atoms with Gasteiger partial charge in [-0.25, -0.2) is 9.97 Å². The van der Waals surface area contributed by atoms with Gasteiger partial charge in [0.15, 0.2) is 5.82 Å². The number of hydrogen-bond donors (Lipinski definition) is 1. The van der Waals surface area contributed by atoms with Crippen LogP contribution >= 0.6 is 15.9 Å². The highest BCUT2D eigenvalue weighted by atomic mass is 79.9. The maximum Gasteiger partial charge on any atom is 0.270 e. The minimum Gasteiger partial charge on any atom is -0.369 e. The van der Waals surface area contributed by atoms with Crippen molar-refractivity contribution in [2.24, 2.45) is 0 Å². The van der Waals surface area contributed by atoms with E-state index in [-0.39, 0.29) is 5.69 Å². The van der Waals surface area contributed by atoms with E-state index in [1.807, 2.05) is 6.92 Å². The number of non-ortho nitro benzene ring substituents is 1. The number of hydrogen-bond acceptors (Lipinski definition) is 5. The highest BCUT2D eigenvalue weighted by Gasteiger charge is 2.13. The lowest BCUT2D eigenvalue weighted by Gasteiger charge is -2.09. The van der Waals surface area contributed by atoms with Crippen molar-refractivity contribution >= 4 is 27.4 Å². The zero-order valence-electron chi connectivity index (χ0n) is 11.8. The zero-order valence-corrected chi connectivity index (χ0v) is 13.3. The number of halogens is 1. The number of anilines is 1. The lowest BCUT2D eigenvalue weighted by molar-refractivity contribution is -0.384. The van der Waals surface area contributed by atoms with Gasteiger partial charge in [-0.3, -0.25) is 10.1 Å². The van der Waals surface area contributed by atoms with Crippen molar-refractivity contribution in [2.75, 3.05) is 11.9 Å². The molecular weight excluding hydrogens is 336 g/mol. The maximum absolute atomic E-state index is 10.9. The van der Waals surface area contributed by atoms with Crippen LogP contribution in [0.1, 0.15) is 18.9 Å². The first kappa shape index (κ1) is 15.4. The number of nitro groups is 1. The van der Waals surface area contributed by atoms with Gasteiger partial charge in [-0.05, 0) is 34.8 Å². The van der Waals surface area contributed by atoms with Gasteiger partial charge in [-0.2, -0.15) is 0 Å². The number of aryl methyl sites for hydroxylation is 1. The molecule has 0 unspecified atom stereocenters. The molecule has 0 amide bonds. The molecule has 0 saturated heterocycles. The van der Waals surface area contributed by atoms with Crippen molar-refractivity contribution in [1.29, 1.82) is 0 Å². The van der Waals surface area contributed by atoms with Crippen LogP contribution in [0, 0.1) is 17.0 Å². The summed E-state index contributed by atoms with van der Waals surface area (Å²) in [6, 6.07) is 4.69. The quantitative estimate of drug-likeness (QED) is 0.652. The van der Waals surface area contributed by atoms with Crippen LogP contribution in [0.4, 0.5) is 11.5 Å². The van der Waals surface area contributed by atoms with Gasteiger partial charge in [0.1, 0.15) is 5.82 Å². The molecule has 6 nitrogen and oxygen atoms in total. The van der Waals surface area contributed by atoms with E-state index >= 15 is 0 Å². The zero-order chi connectivity index (χ0) is 15.4. The Morgan fingerprint density at radius 2 is 2.19 bits per heavy atom. The molecule has 7 heteroatoms. The molecule has 0 aliphatic carbocycles. The van der Waals surface area contributed by atoms with Gasteiger partial charge in [0, 0.05) is 30.4 Å². The van der Waals surface area contributed by atoms with Gasteiger partial charge in [-0.15, -0.1) is 0 Å². The topological polar surface area (TPSA) is 81.0 Å². The average Bonchev–Trinajstić information content (AvgIpc) is 2.47. The van der Waals surface area contributed by atoms with Crippen LogP contribution in [0.2, 0.25) is 0 Å². The molecule has 0 spiro atoms. The van der Waals surface area contributed by atoms with E-state index in [0.29, 0.717) is 17.2 Å². The molecule has 2 rings (SSSR count). The maximum atomic E-state index is 10.9. The normalized spacial score (nSPS) is 10.4. The Morgan fingerprint density at radius 3 is 2.86 bits per heavy atom. The first-order chi connectivity index (χ1) is 10.0. The molecule has 1 heterocycles. The van der Waals surface area contributed by atoms with Gasteiger partial charge in [0.25, 0.3) is 5.69 Å². The van der Waals surface area contributed by atoms with E-state index in [0.717, 1.165) is 23.0 Å². The molecule has 0 aliphatic heterocycles. The summed E-state index contributed by atoms with van der Waals surface area (Å²) in [5.41, 5.74) is 1.59. The summed E-state index contributed by atoms with van der Waals surface area (Å²) in [4.78, 5) is 19.2. The predicted molar refractivity (Wildman–Crippen MR) is 85.3 cm³/mol. The van der Waals surface area contributed by atoms with Crippen LogP contribution in [-0.2, 0) is 0 Å². The summed E-state index contributed by atoms with van der Waals surface area (Å²) >= 11 is 3.39. The lowest BCUT2D eigenvalue weighted by atomic mass is 10.1. The molecule has 2 aromatic rings. The number of aromatic nitrogens is 2. The van der Waals surface area contributed by atoms with Gasteiger partial charge in [0.05, 0.1) is 9.40 Å². The summed E-state index contributed by atoms with van der Waals surface area (Å²) in [6.07, 6.45) is 2.63. The molecule has 0 atom stereocenters. The number of nitro benzene ring substituents is 1. The summed E-state index contributed by atoms with van der Waals surface area (Å²) in [5, 5.41) is 14.1. The first-order valence-electron chi connectivity index (χ1n) is 6.54. The third kappa shape index (κ3) is 3.55. The molecule has 110 valence electrons. The predicted octanol–water partition coefficient (Wildman–Crippen LogP) is 3.94. The third-order valence-corrected chi connectivity index (χ3v) is 3.54. The Morgan fingerprint density at radius 1 is 1.43 bits per heavy atom. The van der Waals surface area contributed by atoms with Gasteiger partial charge in [0.2, 0.25) is 0 Å². The van der Waals surface area contributed by atoms with E-state index in [4.69, 9.17) is 0 Å². The molecule has 0 bridgehead atoms. The van der Waals surface area contributed by atoms with Crippen molar-refractivity contribution in [3.05, 3.63) is 44.5 Å². The highest BCUT2D eigenvalue weighted by Crippen LogP contribution is 2.28. The van der Waals surface area contributed by atoms with Crippen LogP contribution in [0.3, 0.4) is 0 Å². The largest absolute Gasteiger partial charge is 0.369 e. The van der Waals surface area contributed by atoms with Crippen LogP contribution in [0.15, 0.2) is 28.9 Å². The number of nitrogens with zero attached hydrogens (tertiary/aromatic N) is 3. The van der Waals surface area contributed by atoms with Crippen molar-refractivity contribution in [3.8, 4) is 11.4 Å². The molecule has 1 aromatic carbocycles. The van der Waals surface area contributed by atoms with E-state index in [2.05, 4.69) is 38.1 Å². The fourth-order valence-corrected chi connectivity index (χ4v) is 2.16. The highest BCUT2D eigenvalue weighted by molar-refractivity contribution is 9.10. The van der Waals surface area contributed by atoms with E-state index in [1.54, 1.807) is 12.3 Å². The summed E-state index contributed by atoms with van der Waals surface area (Å²) in [7, 11) is 0. The molecule has 0 radical (unpaired) electrons. The van der Waals surface area contributed by atoms with Crippen molar-refractivity contribution < 1.29 is 4.92 Å². The SMILES string of the molecule is CCCNc1nc(-c2cc([N+](=O)[O-])ccc2C)ncc1Br. The molecule has 21 heavy (non-hydrogen) atoms. The number of benzene rings is 1. The standard InChI is InChI=1S/C14H15BrN4O2/c1-3-6-16-14-12(15)8-17-13(18-14)11-7-10(19(20)21)5-4-9(11)2/h4-5,7-8H,3,6H2,1-2H3,(H,16,17,18).